The quantitative estimate of drug-likeness (QED) is 0.863. The third-order valence-electron chi connectivity index (χ3n) is 3.71. The SMILES string of the molecule is COc1ccccc1C1(O)CNCc2ccccc21. The van der Waals surface area contributed by atoms with Gasteiger partial charge in [0.05, 0.1) is 7.11 Å². The summed E-state index contributed by atoms with van der Waals surface area (Å²) in [6.07, 6.45) is 0. The number of nitrogens with one attached hydrogen (secondary N) is 1. The largest absolute Gasteiger partial charge is 0.496 e. The highest BCUT2D eigenvalue weighted by Crippen LogP contribution is 2.38. The highest BCUT2D eigenvalue weighted by atomic mass is 16.5. The molecule has 3 nitrogen and oxygen atoms in total. The van der Waals surface area contributed by atoms with Crippen LogP contribution >= 0.6 is 0 Å². The van der Waals surface area contributed by atoms with E-state index >= 15 is 0 Å². The molecule has 3 rings (SSSR count). The van der Waals surface area contributed by atoms with Crippen molar-refractivity contribution in [3.05, 3.63) is 65.2 Å². The minimum Gasteiger partial charge on any atom is -0.496 e. The molecule has 1 aliphatic heterocycles. The van der Waals surface area contributed by atoms with E-state index in [4.69, 9.17) is 4.74 Å². The van der Waals surface area contributed by atoms with Crippen molar-refractivity contribution in [1.29, 1.82) is 0 Å². The summed E-state index contributed by atoms with van der Waals surface area (Å²) in [5, 5.41) is 14.4. The number of β-amino-alcohol motifs (C(OH)–C–C–N with tert-alkyl or cyclic N) is 1. The molecule has 1 heterocycles. The Kier molecular flexibility index (Phi) is 3.01. The van der Waals surface area contributed by atoms with E-state index in [0.29, 0.717) is 12.3 Å². The van der Waals surface area contributed by atoms with Crippen LogP contribution in [0.5, 0.6) is 5.75 Å². The molecule has 0 saturated carbocycles. The van der Waals surface area contributed by atoms with Crippen molar-refractivity contribution in [3.63, 3.8) is 0 Å². The van der Waals surface area contributed by atoms with E-state index in [9.17, 15) is 5.11 Å². The van der Waals surface area contributed by atoms with Crippen LogP contribution in [-0.4, -0.2) is 18.8 Å². The molecule has 0 aromatic heterocycles. The normalized spacial score (nSPS) is 21.8. The van der Waals surface area contributed by atoms with Crippen molar-refractivity contribution in [2.45, 2.75) is 12.1 Å². The van der Waals surface area contributed by atoms with Crippen LogP contribution in [0, 0.1) is 0 Å². The van der Waals surface area contributed by atoms with Gasteiger partial charge in [0.1, 0.15) is 11.4 Å². The molecule has 2 N–H and O–H groups in total. The van der Waals surface area contributed by atoms with Gasteiger partial charge in [-0.25, -0.2) is 0 Å². The number of aliphatic hydroxyl groups is 1. The molecular weight excluding hydrogens is 238 g/mol. The highest BCUT2D eigenvalue weighted by Gasteiger charge is 2.37. The minimum atomic E-state index is -1.04. The fourth-order valence-electron chi connectivity index (χ4n) is 2.78. The second-order valence-corrected chi connectivity index (χ2v) is 4.82. The van der Waals surface area contributed by atoms with Crippen LogP contribution in [0.2, 0.25) is 0 Å². The summed E-state index contributed by atoms with van der Waals surface area (Å²) >= 11 is 0. The van der Waals surface area contributed by atoms with Gasteiger partial charge in [-0.1, -0.05) is 42.5 Å². The van der Waals surface area contributed by atoms with Gasteiger partial charge in [-0.3, -0.25) is 0 Å². The standard InChI is InChI=1S/C16H17NO2/c1-19-15-9-5-4-8-14(15)16(18)11-17-10-12-6-2-3-7-13(12)16/h2-9,17-18H,10-11H2,1H3. The first kappa shape index (κ1) is 12.2. The van der Waals surface area contributed by atoms with Crippen LogP contribution < -0.4 is 10.1 Å². The average Bonchev–Trinajstić information content (AvgIpc) is 2.48. The number of rotatable bonds is 2. The number of ether oxygens (including phenoxy) is 1. The van der Waals surface area contributed by atoms with E-state index in [1.165, 1.54) is 0 Å². The number of benzene rings is 2. The van der Waals surface area contributed by atoms with Gasteiger partial charge in [0.15, 0.2) is 0 Å². The molecule has 2 aromatic carbocycles. The number of hydrogen-bond donors (Lipinski definition) is 2. The maximum atomic E-state index is 11.2. The summed E-state index contributed by atoms with van der Waals surface area (Å²) in [7, 11) is 1.63. The Morgan fingerprint density at radius 3 is 2.53 bits per heavy atom. The molecular formula is C16H17NO2. The van der Waals surface area contributed by atoms with E-state index in [-0.39, 0.29) is 0 Å². The smallest absolute Gasteiger partial charge is 0.131 e. The number of fused-ring (bicyclic) bond motifs is 1. The van der Waals surface area contributed by atoms with Gasteiger partial charge in [0.2, 0.25) is 0 Å². The topological polar surface area (TPSA) is 41.5 Å². The molecule has 0 amide bonds. The summed E-state index contributed by atoms with van der Waals surface area (Å²) < 4.78 is 5.39. The lowest BCUT2D eigenvalue weighted by atomic mass is 9.81. The van der Waals surface area contributed by atoms with Crippen molar-refractivity contribution in [2.75, 3.05) is 13.7 Å². The lowest BCUT2D eigenvalue weighted by molar-refractivity contribution is 0.0688. The summed E-state index contributed by atoms with van der Waals surface area (Å²) in [4.78, 5) is 0. The molecule has 0 aliphatic carbocycles. The molecule has 1 aliphatic rings. The van der Waals surface area contributed by atoms with Gasteiger partial charge in [-0.2, -0.15) is 0 Å². The fraction of sp³-hybridized carbons (Fsp3) is 0.250. The van der Waals surface area contributed by atoms with E-state index in [1.807, 2.05) is 48.5 Å². The molecule has 0 radical (unpaired) electrons. The maximum absolute atomic E-state index is 11.2. The zero-order chi connectivity index (χ0) is 13.3. The Labute approximate surface area is 112 Å². The first-order valence-corrected chi connectivity index (χ1v) is 6.40. The molecule has 1 atom stereocenters. The zero-order valence-corrected chi connectivity index (χ0v) is 10.9. The van der Waals surface area contributed by atoms with Crippen LogP contribution in [0.25, 0.3) is 0 Å². The van der Waals surface area contributed by atoms with E-state index in [0.717, 1.165) is 23.2 Å². The molecule has 0 fully saturated rings. The van der Waals surface area contributed by atoms with Crippen molar-refractivity contribution in [1.82, 2.24) is 5.32 Å². The van der Waals surface area contributed by atoms with E-state index in [1.54, 1.807) is 7.11 Å². The second kappa shape index (κ2) is 4.68. The lowest BCUT2D eigenvalue weighted by Gasteiger charge is -2.36. The van der Waals surface area contributed by atoms with Gasteiger partial charge in [-0.15, -0.1) is 0 Å². The van der Waals surface area contributed by atoms with Crippen LogP contribution in [0.1, 0.15) is 16.7 Å². The van der Waals surface area contributed by atoms with Crippen molar-refractivity contribution < 1.29 is 9.84 Å². The lowest BCUT2D eigenvalue weighted by Crippen LogP contribution is -2.44. The Balaban J connectivity index is 2.19. The summed E-state index contributed by atoms with van der Waals surface area (Å²) in [5.41, 5.74) is 1.85. The fourth-order valence-corrected chi connectivity index (χ4v) is 2.78. The molecule has 0 saturated heterocycles. The van der Waals surface area contributed by atoms with Crippen LogP contribution in [0.4, 0.5) is 0 Å². The van der Waals surface area contributed by atoms with Gasteiger partial charge < -0.3 is 15.2 Å². The van der Waals surface area contributed by atoms with Crippen LogP contribution in [-0.2, 0) is 12.1 Å². The summed E-state index contributed by atoms with van der Waals surface area (Å²) in [6.45, 7) is 1.28. The number of para-hydroxylation sites is 1. The maximum Gasteiger partial charge on any atom is 0.131 e. The first-order chi connectivity index (χ1) is 9.25. The van der Waals surface area contributed by atoms with Gasteiger partial charge in [0.25, 0.3) is 0 Å². The number of hydrogen-bond acceptors (Lipinski definition) is 3. The molecule has 98 valence electrons. The minimum absolute atomic E-state index is 0.490. The predicted molar refractivity (Wildman–Crippen MR) is 74.1 cm³/mol. The number of methoxy groups -OCH3 is 1. The van der Waals surface area contributed by atoms with Crippen LogP contribution in [0.3, 0.4) is 0 Å². The van der Waals surface area contributed by atoms with Crippen molar-refractivity contribution in [2.24, 2.45) is 0 Å². The molecule has 3 heteroatoms. The average molecular weight is 255 g/mol. The summed E-state index contributed by atoms with van der Waals surface area (Å²) in [5.74, 6) is 0.712. The third-order valence-corrected chi connectivity index (χ3v) is 3.71. The second-order valence-electron chi connectivity index (χ2n) is 4.82. The third kappa shape index (κ3) is 1.91. The zero-order valence-electron chi connectivity index (χ0n) is 10.9. The molecule has 2 aromatic rings. The molecule has 0 spiro atoms. The molecule has 0 bridgehead atoms. The Bertz CT molecular complexity index is 597. The van der Waals surface area contributed by atoms with Gasteiger partial charge in [-0.05, 0) is 17.2 Å². The van der Waals surface area contributed by atoms with E-state index < -0.39 is 5.60 Å². The van der Waals surface area contributed by atoms with E-state index in [2.05, 4.69) is 5.32 Å². The first-order valence-electron chi connectivity index (χ1n) is 6.40. The molecule has 19 heavy (non-hydrogen) atoms. The van der Waals surface area contributed by atoms with Crippen molar-refractivity contribution in [3.8, 4) is 5.75 Å². The summed E-state index contributed by atoms with van der Waals surface area (Å²) in [6, 6.07) is 15.6. The molecule has 1 unspecified atom stereocenters. The van der Waals surface area contributed by atoms with Crippen molar-refractivity contribution >= 4 is 0 Å². The highest BCUT2D eigenvalue weighted by molar-refractivity contribution is 5.48. The van der Waals surface area contributed by atoms with Gasteiger partial charge in [0, 0.05) is 18.7 Å². The van der Waals surface area contributed by atoms with Gasteiger partial charge >= 0.3 is 0 Å². The monoisotopic (exact) mass is 255 g/mol. The Morgan fingerprint density at radius 2 is 1.74 bits per heavy atom. The van der Waals surface area contributed by atoms with Crippen LogP contribution in [0.15, 0.2) is 48.5 Å². The predicted octanol–water partition coefficient (Wildman–Crippen LogP) is 2.03. The Hall–Kier alpha value is -1.84. The Morgan fingerprint density at radius 1 is 1.05 bits per heavy atom.